The van der Waals surface area contributed by atoms with Crippen LogP contribution in [-0.4, -0.2) is 40.4 Å². The van der Waals surface area contributed by atoms with E-state index in [4.69, 9.17) is 10.8 Å². The predicted molar refractivity (Wildman–Crippen MR) is 58.4 cm³/mol. The summed E-state index contributed by atoms with van der Waals surface area (Å²) in [6, 6.07) is 2.89. The number of hydrogen-bond donors (Lipinski definition) is 3. The summed E-state index contributed by atoms with van der Waals surface area (Å²) in [6.07, 6.45) is 0.257. The summed E-state index contributed by atoms with van der Waals surface area (Å²) in [4.78, 5) is 16.5. The number of pyridine rings is 1. The fourth-order valence-corrected chi connectivity index (χ4v) is 1.77. The predicted octanol–water partition coefficient (Wildman–Crippen LogP) is -0.0670. The number of nitrogens with zero attached hydrogens (tertiary/aromatic N) is 2. The number of hydrogen-bond acceptors (Lipinski definition) is 5. The molecule has 0 saturated carbocycles. The van der Waals surface area contributed by atoms with Gasteiger partial charge in [0.2, 0.25) is 0 Å². The number of carbonyl (C=O) groups is 1. The van der Waals surface area contributed by atoms with E-state index in [2.05, 4.69) is 4.98 Å². The lowest BCUT2D eigenvalue weighted by atomic mass is 10.3. The summed E-state index contributed by atoms with van der Waals surface area (Å²) in [7, 11) is 0. The SMILES string of the molecule is Nc1ccc(C(=O)O)nc1N1CCC(O)C1. The zero-order valence-corrected chi connectivity index (χ0v) is 8.63. The molecule has 2 rings (SSSR count). The minimum atomic E-state index is -1.08. The number of nitrogens with two attached hydrogens (primary N) is 1. The Kier molecular flexibility index (Phi) is 2.66. The Balaban J connectivity index is 2.32. The fourth-order valence-electron chi connectivity index (χ4n) is 1.77. The molecule has 0 amide bonds. The van der Waals surface area contributed by atoms with Crippen LogP contribution in [0.4, 0.5) is 11.5 Å². The van der Waals surface area contributed by atoms with Crippen LogP contribution in [0, 0.1) is 0 Å². The van der Waals surface area contributed by atoms with Crippen LogP contribution in [0.2, 0.25) is 0 Å². The van der Waals surface area contributed by atoms with E-state index in [0.29, 0.717) is 31.0 Å². The molecule has 2 heterocycles. The molecule has 1 atom stereocenters. The number of nitrogen functional groups attached to an aromatic ring is 1. The second-order valence-electron chi connectivity index (χ2n) is 3.80. The Morgan fingerprint density at radius 2 is 2.31 bits per heavy atom. The van der Waals surface area contributed by atoms with E-state index in [1.807, 2.05) is 0 Å². The lowest BCUT2D eigenvalue weighted by molar-refractivity contribution is 0.0690. The molecular weight excluding hydrogens is 210 g/mol. The third kappa shape index (κ3) is 1.92. The van der Waals surface area contributed by atoms with Crippen LogP contribution in [0.3, 0.4) is 0 Å². The summed E-state index contributed by atoms with van der Waals surface area (Å²) in [5, 5.41) is 18.2. The molecule has 1 aromatic rings. The normalized spacial score (nSPS) is 20.1. The van der Waals surface area contributed by atoms with Gasteiger partial charge in [-0.05, 0) is 18.6 Å². The zero-order chi connectivity index (χ0) is 11.7. The molecule has 1 aliphatic heterocycles. The molecule has 1 aliphatic rings. The molecule has 86 valence electrons. The van der Waals surface area contributed by atoms with Gasteiger partial charge in [-0.3, -0.25) is 0 Å². The van der Waals surface area contributed by atoms with Crippen molar-refractivity contribution in [3.63, 3.8) is 0 Å². The van der Waals surface area contributed by atoms with E-state index in [1.54, 1.807) is 4.90 Å². The highest BCUT2D eigenvalue weighted by Gasteiger charge is 2.23. The molecule has 0 aromatic carbocycles. The average Bonchev–Trinajstić information content (AvgIpc) is 2.65. The number of carboxylic acids is 1. The second kappa shape index (κ2) is 3.97. The number of rotatable bonds is 2. The molecule has 1 aromatic heterocycles. The summed E-state index contributed by atoms with van der Waals surface area (Å²) in [5.74, 6) is -0.641. The number of anilines is 2. The molecule has 0 bridgehead atoms. The molecule has 0 radical (unpaired) electrons. The Morgan fingerprint density at radius 3 is 2.88 bits per heavy atom. The lowest BCUT2D eigenvalue weighted by Crippen LogP contribution is -2.24. The molecular formula is C10H13N3O3. The molecule has 0 spiro atoms. The van der Waals surface area contributed by atoms with Gasteiger partial charge >= 0.3 is 5.97 Å². The number of aromatic carboxylic acids is 1. The van der Waals surface area contributed by atoms with Gasteiger partial charge in [0.05, 0.1) is 11.8 Å². The van der Waals surface area contributed by atoms with Crippen molar-refractivity contribution in [3.05, 3.63) is 17.8 Å². The van der Waals surface area contributed by atoms with E-state index in [9.17, 15) is 9.90 Å². The molecule has 1 saturated heterocycles. The number of aromatic nitrogens is 1. The first-order chi connectivity index (χ1) is 7.58. The highest BCUT2D eigenvalue weighted by atomic mass is 16.4. The molecule has 1 unspecified atom stereocenters. The Morgan fingerprint density at radius 1 is 1.56 bits per heavy atom. The summed E-state index contributed by atoms with van der Waals surface area (Å²) >= 11 is 0. The van der Waals surface area contributed by atoms with E-state index >= 15 is 0 Å². The number of β-amino-alcohol motifs (C(OH)–C–C–N with tert-alkyl or cyclic N) is 1. The van der Waals surface area contributed by atoms with Gasteiger partial charge in [-0.25, -0.2) is 9.78 Å². The topological polar surface area (TPSA) is 99.7 Å². The molecule has 1 fully saturated rings. The Bertz CT molecular complexity index is 422. The van der Waals surface area contributed by atoms with Crippen LogP contribution < -0.4 is 10.6 Å². The van der Waals surface area contributed by atoms with Crippen LogP contribution in [0.25, 0.3) is 0 Å². The van der Waals surface area contributed by atoms with Crippen molar-refractivity contribution in [1.29, 1.82) is 0 Å². The van der Waals surface area contributed by atoms with Crippen LogP contribution in [0.15, 0.2) is 12.1 Å². The highest BCUT2D eigenvalue weighted by Crippen LogP contribution is 2.24. The molecule has 6 heteroatoms. The van der Waals surface area contributed by atoms with Crippen molar-refractivity contribution in [1.82, 2.24) is 4.98 Å². The zero-order valence-electron chi connectivity index (χ0n) is 8.63. The van der Waals surface area contributed by atoms with Crippen molar-refractivity contribution in [3.8, 4) is 0 Å². The smallest absolute Gasteiger partial charge is 0.354 e. The third-order valence-electron chi connectivity index (χ3n) is 2.59. The minimum Gasteiger partial charge on any atom is -0.477 e. The van der Waals surface area contributed by atoms with Crippen LogP contribution in [0.1, 0.15) is 16.9 Å². The number of aliphatic hydroxyl groups is 1. The van der Waals surface area contributed by atoms with Crippen LogP contribution in [-0.2, 0) is 0 Å². The second-order valence-corrected chi connectivity index (χ2v) is 3.80. The van der Waals surface area contributed by atoms with Crippen molar-refractivity contribution < 1.29 is 15.0 Å². The van der Waals surface area contributed by atoms with Gasteiger partial charge < -0.3 is 20.8 Å². The van der Waals surface area contributed by atoms with E-state index in [1.165, 1.54) is 12.1 Å². The Labute approximate surface area is 92.3 Å². The number of aliphatic hydroxyl groups excluding tert-OH is 1. The molecule has 6 nitrogen and oxygen atoms in total. The quantitative estimate of drug-likeness (QED) is 0.649. The van der Waals surface area contributed by atoms with E-state index < -0.39 is 12.1 Å². The van der Waals surface area contributed by atoms with E-state index in [0.717, 1.165) is 0 Å². The summed E-state index contributed by atoms with van der Waals surface area (Å²) in [5.41, 5.74) is 6.13. The van der Waals surface area contributed by atoms with Gasteiger partial charge in [0.25, 0.3) is 0 Å². The van der Waals surface area contributed by atoms with Gasteiger partial charge in [-0.15, -0.1) is 0 Å². The molecule has 16 heavy (non-hydrogen) atoms. The monoisotopic (exact) mass is 223 g/mol. The highest BCUT2D eigenvalue weighted by molar-refractivity contribution is 5.87. The van der Waals surface area contributed by atoms with Crippen molar-refractivity contribution in [2.75, 3.05) is 23.7 Å². The average molecular weight is 223 g/mol. The molecule has 4 N–H and O–H groups in total. The standard InChI is InChI=1S/C10H13N3O3/c11-7-1-2-8(10(15)16)12-9(7)13-4-3-6(14)5-13/h1-2,6,14H,3-5,11H2,(H,15,16). The first-order valence-corrected chi connectivity index (χ1v) is 5.01. The first-order valence-electron chi connectivity index (χ1n) is 5.01. The fraction of sp³-hybridized carbons (Fsp3) is 0.400. The minimum absolute atomic E-state index is 0.0365. The largest absolute Gasteiger partial charge is 0.477 e. The van der Waals surface area contributed by atoms with Crippen molar-refractivity contribution in [2.45, 2.75) is 12.5 Å². The van der Waals surface area contributed by atoms with Gasteiger partial charge in [0.1, 0.15) is 0 Å². The third-order valence-corrected chi connectivity index (χ3v) is 2.59. The maximum atomic E-state index is 10.8. The van der Waals surface area contributed by atoms with Crippen LogP contribution >= 0.6 is 0 Å². The summed E-state index contributed by atoms with van der Waals surface area (Å²) < 4.78 is 0. The Hall–Kier alpha value is -1.82. The van der Waals surface area contributed by atoms with Gasteiger partial charge in [-0.1, -0.05) is 0 Å². The maximum absolute atomic E-state index is 10.8. The van der Waals surface area contributed by atoms with Gasteiger partial charge in [0, 0.05) is 13.1 Å². The number of carboxylic acid groups (broad SMARTS) is 1. The van der Waals surface area contributed by atoms with Crippen molar-refractivity contribution in [2.24, 2.45) is 0 Å². The van der Waals surface area contributed by atoms with E-state index in [-0.39, 0.29) is 5.69 Å². The van der Waals surface area contributed by atoms with Crippen LogP contribution in [0.5, 0.6) is 0 Å². The summed E-state index contributed by atoms with van der Waals surface area (Å²) in [6.45, 7) is 1.09. The van der Waals surface area contributed by atoms with Gasteiger partial charge in [-0.2, -0.15) is 0 Å². The van der Waals surface area contributed by atoms with Gasteiger partial charge in [0.15, 0.2) is 11.5 Å². The van der Waals surface area contributed by atoms with Crippen molar-refractivity contribution >= 4 is 17.5 Å². The lowest BCUT2D eigenvalue weighted by Gasteiger charge is -2.18. The first kappa shape index (κ1) is 10.7. The molecule has 0 aliphatic carbocycles. The maximum Gasteiger partial charge on any atom is 0.354 e.